The maximum absolute atomic E-state index is 13.8. The zero-order chi connectivity index (χ0) is 22.9. The minimum Gasteiger partial charge on any atom is -0.487 e. The molecule has 1 amide bonds. The fraction of sp³-hybridized carbons (Fsp3) is 0.423. The van der Waals surface area contributed by atoms with Gasteiger partial charge in [-0.3, -0.25) is 9.69 Å². The van der Waals surface area contributed by atoms with Gasteiger partial charge in [-0.15, -0.1) is 0 Å². The summed E-state index contributed by atoms with van der Waals surface area (Å²) in [6, 6.07) is 11.4. The molecule has 0 bridgehead atoms. The van der Waals surface area contributed by atoms with E-state index < -0.39 is 0 Å². The molecule has 7 heteroatoms. The summed E-state index contributed by atoms with van der Waals surface area (Å²) in [7, 11) is 3.51. The van der Waals surface area contributed by atoms with Crippen molar-refractivity contribution in [1.29, 1.82) is 0 Å². The molecule has 3 heterocycles. The van der Waals surface area contributed by atoms with E-state index in [1.54, 1.807) is 20.3 Å². The average Bonchev–Trinajstić information content (AvgIpc) is 3.47. The molecule has 3 aliphatic rings. The monoisotopic (exact) mass is 452 g/mol. The number of amides is 1. The molecule has 33 heavy (non-hydrogen) atoms. The topological polar surface area (TPSA) is 60.0 Å². The van der Waals surface area contributed by atoms with Crippen LogP contribution in [0.1, 0.15) is 35.1 Å². The Kier molecular flexibility index (Phi) is 6.19. The molecule has 1 fully saturated rings. The summed E-state index contributed by atoms with van der Waals surface area (Å²) < 4.78 is 30.7. The third-order valence-electron chi connectivity index (χ3n) is 6.89. The summed E-state index contributed by atoms with van der Waals surface area (Å²) in [5, 5.41) is 2.80. The van der Waals surface area contributed by atoms with Crippen molar-refractivity contribution < 1.29 is 23.4 Å². The number of fused-ring (bicyclic) bond motifs is 2. The SMILES string of the molecule is COCC1CCC(COC)N1CCc1ccc2c(c1)COC2=C1C(=O)Nc2ccc(F)cc21. The van der Waals surface area contributed by atoms with Gasteiger partial charge in [0.2, 0.25) is 0 Å². The van der Waals surface area contributed by atoms with E-state index in [4.69, 9.17) is 14.2 Å². The van der Waals surface area contributed by atoms with Crippen LogP contribution in [0.2, 0.25) is 0 Å². The van der Waals surface area contributed by atoms with Crippen LogP contribution in [0, 0.1) is 5.82 Å². The first-order valence-electron chi connectivity index (χ1n) is 11.4. The molecule has 0 aliphatic carbocycles. The van der Waals surface area contributed by atoms with Gasteiger partial charge in [-0.1, -0.05) is 18.2 Å². The second-order valence-electron chi connectivity index (χ2n) is 8.91. The highest BCUT2D eigenvalue weighted by Crippen LogP contribution is 2.42. The van der Waals surface area contributed by atoms with Crippen LogP contribution in [0.3, 0.4) is 0 Å². The maximum Gasteiger partial charge on any atom is 0.260 e. The first-order chi connectivity index (χ1) is 16.1. The predicted octanol–water partition coefficient (Wildman–Crippen LogP) is 3.84. The number of hydrogen-bond donors (Lipinski definition) is 1. The van der Waals surface area contributed by atoms with Crippen molar-refractivity contribution in [2.75, 3.05) is 39.3 Å². The molecule has 1 saturated heterocycles. The summed E-state index contributed by atoms with van der Waals surface area (Å²) in [6.07, 6.45) is 3.16. The van der Waals surface area contributed by atoms with Gasteiger partial charge in [0, 0.05) is 55.2 Å². The summed E-state index contributed by atoms with van der Waals surface area (Å²) >= 11 is 0. The molecule has 2 aromatic rings. The Balaban J connectivity index is 1.36. The summed E-state index contributed by atoms with van der Waals surface area (Å²) in [5.41, 5.74) is 4.74. The van der Waals surface area contributed by atoms with Crippen molar-refractivity contribution in [3.05, 3.63) is 64.5 Å². The molecule has 0 spiro atoms. The number of nitrogens with zero attached hydrogens (tertiary/aromatic N) is 1. The largest absolute Gasteiger partial charge is 0.487 e. The average molecular weight is 453 g/mol. The highest BCUT2D eigenvalue weighted by Gasteiger charge is 2.34. The molecule has 0 saturated carbocycles. The first kappa shape index (κ1) is 22.1. The van der Waals surface area contributed by atoms with Gasteiger partial charge in [0.05, 0.1) is 18.8 Å². The highest BCUT2D eigenvalue weighted by atomic mass is 19.1. The van der Waals surface area contributed by atoms with Crippen molar-refractivity contribution in [2.24, 2.45) is 0 Å². The van der Waals surface area contributed by atoms with Gasteiger partial charge in [-0.25, -0.2) is 4.39 Å². The van der Waals surface area contributed by atoms with Gasteiger partial charge in [-0.2, -0.15) is 0 Å². The zero-order valence-electron chi connectivity index (χ0n) is 19.0. The Labute approximate surface area is 193 Å². The lowest BCUT2D eigenvalue weighted by Crippen LogP contribution is -2.41. The van der Waals surface area contributed by atoms with Crippen LogP contribution in [0.5, 0.6) is 0 Å². The van der Waals surface area contributed by atoms with Gasteiger partial charge in [0.25, 0.3) is 5.91 Å². The first-order valence-corrected chi connectivity index (χ1v) is 11.4. The molecule has 1 N–H and O–H groups in total. The lowest BCUT2D eigenvalue weighted by molar-refractivity contribution is -0.110. The molecule has 0 aromatic heterocycles. The highest BCUT2D eigenvalue weighted by molar-refractivity contribution is 6.36. The van der Waals surface area contributed by atoms with E-state index in [0.717, 1.165) is 50.1 Å². The second kappa shape index (κ2) is 9.25. The fourth-order valence-electron chi connectivity index (χ4n) is 5.32. The summed E-state index contributed by atoms with van der Waals surface area (Å²) in [5.74, 6) is -0.111. The number of ether oxygens (including phenoxy) is 3. The molecule has 2 unspecified atom stereocenters. The van der Waals surface area contributed by atoms with E-state index in [1.165, 1.54) is 17.7 Å². The van der Waals surface area contributed by atoms with Crippen LogP contribution >= 0.6 is 0 Å². The summed E-state index contributed by atoms with van der Waals surface area (Å²) in [4.78, 5) is 15.1. The minimum atomic E-state index is -0.377. The predicted molar refractivity (Wildman–Crippen MR) is 124 cm³/mol. The van der Waals surface area contributed by atoms with E-state index in [9.17, 15) is 9.18 Å². The Morgan fingerprint density at radius 1 is 1.06 bits per heavy atom. The van der Waals surface area contributed by atoms with Crippen LogP contribution in [0.15, 0.2) is 36.4 Å². The van der Waals surface area contributed by atoms with Gasteiger partial charge >= 0.3 is 0 Å². The van der Waals surface area contributed by atoms with Crippen LogP contribution in [0.4, 0.5) is 10.1 Å². The van der Waals surface area contributed by atoms with Gasteiger partial charge < -0.3 is 19.5 Å². The van der Waals surface area contributed by atoms with Crippen LogP contribution in [-0.4, -0.2) is 56.9 Å². The number of hydrogen-bond acceptors (Lipinski definition) is 5. The third-order valence-corrected chi connectivity index (χ3v) is 6.89. The molecule has 2 aromatic carbocycles. The smallest absolute Gasteiger partial charge is 0.260 e. The molecule has 3 aliphatic heterocycles. The number of carbonyl (C=O) groups is 1. The minimum absolute atomic E-state index is 0.259. The standard InChI is InChI=1S/C26H29FN2O4/c1-31-14-19-5-6-20(15-32-2)29(19)10-9-16-3-7-21-17(11-16)13-33-25(21)24-22-12-18(27)4-8-23(22)28-26(24)30/h3-4,7-8,11-12,19-20H,5-6,9-10,13-15H2,1-2H3,(H,28,30). The van der Waals surface area contributed by atoms with Crippen molar-refractivity contribution in [3.8, 4) is 0 Å². The molecular weight excluding hydrogens is 423 g/mol. The Bertz CT molecular complexity index is 1090. The Morgan fingerprint density at radius 3 is 2.55 bits per heavy atom. The lowest BCUT2D eigenvalue weighted by Gasteiger charge is -2.29. The second-order valence-corrected chi connectivity index (χ2v) is 8.91. The quantitative estimate of drug-likeness (QED) is 0.647. The Morgan fingerprint density at radius 2 is 1.82 bits per heavy atom. The fourth-order valence-corrected chi connectivity index (χ4v) is 5.32. The number of likely N-dealkylation sites (tertiary alicyclic amines) is 1. The lowest BCUT2D eigenvalue weighted by atomic mass is 9.98. The third kappa shape index (κ3) is 4.16. The number of carbonyl (C=O) groups excluding carboxylic acids is 1. The molecule has 174 valence electrons. The van der Waals surface area contributed by atoms with Crippen molar-refractivity contribution in [3.63, 3.8) is 0 Å². The van der Waals surface area contributed by atoms with E-state index in [0.29, 0.717) is 41.3 Å². The Hall–Kier alpha value is -2.74. The maximum atomic E-state index is 13.8. The normalized spacial score (nSPS) is 24.0. The van der Waals surface area contributed by atoms with Crippen molar-refractivity contribution in [1.82, 2.24) is 4.90 Å². The van der Waals surface area contributed by atoms with Crippen LogP contribution in [0.25, 0.3) is 11.3 Å². The van der Waals surface area contributed by atoms with E-state index >= 15 is 0 Å². The number of methoxy groups -OCH3 is 2. The number of anilines is 1. The molecule has 2 atom stereocenters. The number of benzene rings is 2. The van der Waals surface area contributed by atoms with Gasteiger partial charge in [-0.05, 0) is 43.0 Å². The van der Waals surface area contributed by atoms with E-state index in [-0.39, 0.29) is 11.7 Å². The molecule has 0 radical (unpaired) electrons. The van der Waals surface area contributed by atoms with E-state index in [1.807, 2.05) is 6.07 Å². The number of nitrogens with one attached hydrogen (secondary N) is 1. The van der Waals surface area contributed by atoms with Crippen molar-refractivity contribution >= 4 is 22.9 Å². The van der Waals surface area contributed by atoms with Crippen LogP contribution < -0.4 is 5.32 Å². The van der Waals surface area contributed by atoms with Gasteiger partial charge in [0.1, 0.15) is 18.2 Å². The molecule has 6 nitrogen and oxygen atoms in total. The zero-order valence-corrected chi connectivity index (χ0v) is 19.0. The van der Waals surface area contributed by atoms with E-state index in [2.05, 4.69) is 22.3 Å². The number of rotatable bonds is 7. The summed E-state index contributed by atoms with van der Waals surface area (Å²) in [6.45, 7) is 2.81. The molecular formula is C26H29FN2O4. The van der Waals surface area contributed by atoms with Crippen molar-refractivity contribution in [2.45, 2.75) is 38.0 Å². The number of halogens is 1. The molecule has 5 rings (SSSR count). The van der Waals surface area contributed by atoms with Crippen LogP contribution in [-0.2, 0) is 32.0 Å². The van der Waals surface area contributed by atoms with Gasteiger partial charge in [0.15, 0.2) is 0 Å².